The Morgan fingerprint density at radius 2 is 1.93 bits per heavy atom. The lowest BCUT2D eigenvalue weighted by molar-refractivity contribution is -0.323. The molecule has 2 saturated heterocycles. The fourth-order valence-electron chi connectivity index (χ4n) is 6.98. The highest BCUT2D eigenvalue weighted by Gasteiger charge is 2.56. The summed E-state index contributed by atoms with van der Waals surface area (Å²) >= 11 is 0. The molecule has 43 heavy (non-hydrogen) atoms. The number of fused-ring (bicyclic) bond motifs is 1. The molecular weight excluding hydrogens is 566 g/mol. The molecule has 2 aromatic rings. The van der Waals surface area contributed by atoms with E-state index >= 15 is 0 Å². The van der Waals surface area contributed by atoms with Crippen molar-refractivity contribution in [3.63, 3.8) is 0 Å². The van der Waals surface area contributed by atoms with E-state index in [1.165, 1.54) is 7.11 Å². The van der Waals surface area contributed by atoms with E-state index < -0.39 is 61.2 Å². The Morgan fingerprint density at radius 1 is 1.19 bits per heavy atom. The summed E-state index contributed by atoms with van der Waals surface area (Å²) in [5.41, 5.74) is -1.22. The smallest absolute Gasteiger partial charge is 0.306 e. The van der Waals surface area contributed by atoms with Gasteiger partial charge in [0.05, 0.1) is 32.0 Å². The molecule has 1 saturated carbocycles. The quantitative estimate of drug-likeness (QED) is 0.195. The van der Waals surface area contributed by atoms with Gasteiger partial charge in [-0.3, -0.25) is 9.59 Å². The van der Waals surface area contributed by atoms with Crippen molar-refractivity contribution < 1.29 is 58.5 Å². The van der Waals surface area contributed by atoms with E-state index in [9.17, 15) is 35.1 Å². The molecule has 1 amide bonds. The minimum atomic E-state index is -2.28. The van der Waals surface area contributed by atoms with Gasteiger partial charge in [-0.1, -0.05) is 12.8 Å². The summed E-state index contributed by atoms with van der Waals surface area (Å²) in [6.07, 6.45) is -1.73. The van der Waals surface area contributed by atoms with Crippen LogP contribution < -0.4 is 14.8 Å². The third-order valence-electron chi connectivity index (χ3n) is 9.29. The predicted molar refractivity (Wildman–Crippen MR) is 149 cm³/mol. The fourth-order valence-corrected chi connectivity index (χ4v) is 6.98. The van der Waals surface area contributed by atoms with E-state index in [0.717, 1.165) is 31.2 Å². The van der Waals surface area contributed by atoms with E-state index in [0.29, 0.717) is 23.1 Å². The van der Waals surface area contributed by atoms with Crippen LogP contribution in [0.25, 0.3) is 11.0 Å². The van der Waals surface area contributed by atoms with Crippen molar-refractivity contribution in [2.45, 2.75) is 88.0 Å². The van der Waals surface area contributed by atoms with Crippen molar-refractivity contribution in [2.24, 2.45) is 5.41 Å². The number of esters is 1. The Bertz CT molecular complexity index is 1320. The summed E-state index contributed by atoms with van der Waals surface area (Å²) in [5.74, 6) is -0.387. The van der Waals surface area contributed by atoms with E-state index in [1.54, 1.807) is 19.3 Å². The second-order valence-corrected chi connectivity index (χ2v) is 11.6. The number of hydrogen-bond acceptors (Lipinski definition) is 12. The first-order chi connectivity index (χ1) is 20.6. The first-order valence-corrected chi connectivity index (χ1v) is 14.8. The first kappa shape index (κ1) is 31.5. The zero-order chi connectivity index (χ0) is 30.9. The maximum atomic E-state index is 13.0. The van der Waals surface area contributed by atoms with E-state index in [4.69, 9.17) is 23.4 Å². The molecule has 0 radical (unpaired) electrons. The molecule has 0 bridgehead atoms. The molecule has 3 fully saturated rings. The number of ether oxygens (including phenoxy) is 4. The van der Waals surface area contributed by atoms with Gasteiger partial charge in [-0.15, -0.1) is 0 Å². The maximum Gasteiger partial charge on any atom is 0.306 e. The molecule has 5 rings (SSSR count). The van der Waals surface area contributed by atoms with Crippen molar-refractivity contribution in [2.75, 3.05) is 33.5 Å². The summed E-state index contributed by atoms with van der Waals surface area (Å²) in [6.45, 7) is 1.11. The molecule has 1 aliphatic carbocycles. The Hall–Kier alpha value is -2.94. The van der Waals surface area contributed by atoms with Gasteiger partial charge in [0.25, 0.3) is 0 Å². The Labute approximate surface area is 248 Å². The summed E-state index contributed by atoms with van der Waals surface area (Å²) in [7, 11) is 1.40. The highest BCUT2D eigenvalue weighted by atomic mass is 16.7. The van der Waals surface area contributed by atoms with Crippen molar-refractivity contribution >= 4 is 22.8 Å². The van der Waals surface area contributed by atoms with Gasteiger partial charge in [-0.25, -0.2) is 0 Å². The maximum absolute atomic E-state index is 13.0. The number of nitrogens with one attached hydrogen (secondary N) is 1. The van der Waals surface area contributed by atoms with Crippen molar-refractivity contribution in [1.82, 2.24) is 5.32 Å². The molecule has 1 aromatic heterocycles. The van der Waals surface area contributed by atoms with Crippen LogP contribution in [-0.2, 0) is 25.5 Å². The number of aryl methyl sites for hydroxylation is 1. The Morgan fingerprint density at radius 3 is 2.58 bits per heavy atom. The van der Waals surface area contributed by atoms with Crippen molar-refractivity contribution in [3.05, 3.63) is 23.5 Å². The van der Waals surface area contributed by atoms with Gasteiger partial charge in [-0.2, -0.15) is 0 Å². The average Bonchev–Trinajstić information content (AvgIpc) is 3.72. The normalized spacial score (nSPS) is 30.1. The van der Waals surface area contributed by atoms with Gasteiger partial charge in [0.1, 0.15) is 18.3 Å². The lowest BCUT2D eigenvalue weighted by Gasteiger charge is -2.47. The lowest BCUT2D eigenvalue weighted by Crippen LogP contribution is -2.68. The highest BCUT2D eigenvalue weighted by Crippen LogP contribution is 2.54. The molecule has 3 aliphatic rings. The molecule has 13 nitrogen and oxygen atoms in total. The van der Waals surface area contributed by atoms with Crippen LogP contribution in [0.1, 0.15) is 62.5 Å². The van der Waals surface area contributed by atoms with Crippen LogP contribution in [0.3, 0.4) is 0 Å². The molecule has 6 N–H and O–H groups in total. The van der Waals surface area contributed by atoms with Crippen LogP contribution in [0.15, 0.2) is 16.7 Å². The number of aliphatic hydroxyl groups excluding tert-OH is 4. The van der Waals surface area contributed by atoms with Crippen LogP contribution in [0, 0.1) is 5.41 Å². The number of rotatable bonds is 11. The first-order valence-electron chi connectivity index (χ1n) is 14.8. The van der Waals surface area contributed by atoms with Crippen LogP contribution >= 0.6 is 0 Å². The largest absolute Gasteiger partial charge is 0.490 e. The third kappa shape index (κ3) is 5.36. The van der Waals surface area contributed by atoms with Crippen LogP contribution in [-0.4, -0.2) is 101 Å². The number of amides is 1. The molecule has 238 valence electrons. The molecule has 1 aromatic carbocycles. The number of carbonyl (C=O) groups excluding carboxylic acids is 2. The summed E-state index contributed by atoms with van der Waals surface area (Å²) in [4.78, 5) is 25.4. The topological polar surface area (TPSA) is 197 Å². The van der Waals surface area contributed by atoms with Crippen molar-refractivity contribution in [3.8, 4) is 11.5 Å². The minimum absolute atomic E-state index is 0.0213. The lowest BCUT2D eigenvalue weighted by atomic mass is 9.72. The second kappa shape index (κ2) is 12.6. The van der Waals surface area contributed by atoms with Crippen LogP contribution in [0.4, 0.5) is 0 Å². The molecular formula is C30H41NO12. The summed E-state index contributed by atoms with van der Waals surface area (Å²) < 4.78 is 28.9. The van der Waals surface area contributed by atoms with E-state index in [-0.39, 0.29) is 42.8 Å². The number of aliphatic hydroxyl groups is 5. The van der Waals surface area contributed by atoms with E-state index in [2.05, 4.69) is 5.32 Å². The zero-order valence-corrected chi connectivity index (χ0v) is 24.4. The van der Waals surface area contributed by atoms with Gasteiger partial charge in [0.2, 0.25) is 17.9 Å². The number of carbonyl (C=O) groups is 2. The molecule has 13 heteroatoms. The number of hydrogen-bond donors (Lipinski definition) is 6. The molecule has 6 atom stereocenters. The number of methoxy groups -OCH3 is 1. The molecule has 3 heterocycles. The van der Waals surface area contributed by atoms with Gasteiger partial charge >= 0.3 is 5.97 Å². The van der Waals surface area contributed by atoms with Gasteiger partial charge < -0.3 is 54.2 Å². The summed E-state index contributed by atoms with van der Waals surface area (Å²) in [6, 6.07) is 1.79. The molecule has 0 unspecified atom stereocenters. The fraction of sp³-hybridized carbons (Fsp3) is 0.667. The Balaban J connectivity index is 1.62. The third-order valence-corrected chi connectivity index (χ3v) is 9.29. The van der Waals surface area contributed by atoms with Crippen molar-refractivity contribution in [1.29, 1.82) is 0 Å². The summed E-state index contributed by atoms with van der Waals surface area (Å²) in [5, 5.41) is 55.8. The standard InChI is InChI=1S/C30H41NO12/c1-3-40-21(34)7-6-16-12-17-18(19-13-31-27(37)29(19)8-4-5-9-29)15-41-24(17)25(39-2)23(16)43-28-30(38,10-11-32)26(36)22(35)20(14-33)42-28/h12,15,19-20,22,26,28,32-33,35-36,38H,3-11,13-14H2,1-2H3,(H,31,37)/t19-,20-,22-,26+,28+,30-/m1/s1. The van der Waals surface area contributed by atoms with Gasteiger partial charge in [0, 0.05) is 42.9 Å². The second-order valence-electron chi connectivity index (χ2n) is 11.6. The predicted octanol–water partition coefficient (Wildman–Crippen LogP) is 0.642. The van der Waals surface area contributed by atoms with Crippen LogP contribution in [0.5, 0.6) is 11.5 Å². The average molecular weight is 608 g/mol. The number of benzene rings is 1. The highest BCUT2D eigenvalue weighted by molar-refractivity contribution is 5.93. The Kier molecular flexibility index (Phi) is 9.21. The van der Waals surface area contributed by atoms with Crippen LogP contribution in [0.2, 0.25) is 0 Å². The SMILES string of the molecule is CCOC(=O)CCc1cc2c([C@H]3CNC(=O)C34CCCC4)coc2c(OC)c1O[C@@H]1O[C@H](CO)[C@@H](O)[C@H](O)[C@]1(O)CCO. The van der Waals surface area contributed by atoms with Gasteiger partial charge in [0.15, 0.2) is 16.9 Å². The van der Waals surface area contributed by atoms with Gasteiger partial charge in [-0.05, 0) is 37.8 Å². The minimum Gasteiger partial charge on any atom is -0.490 e. The molecule has 1 spiro atoms. The number of furan rings is 1. The molecule has 2 aliphatic heterocycles. The van der Waals surface area contributed by atoms with E-state index in [1.807, 2.05) is 0 Å². The zero-order valence-electron chi connectivity index (χ0n) is 24.4. The monoisotopic (exact) mass is 607 g/mol.